The first kappa shape index (κ1) is 23.8. The molecule has 2 unspecified atom stereocenters. The molecular weight excluding hydrogens is 372 g/mol. The van der Waals surface area contributed by atoms with E-state index in [1.807, 2.05) is 16.8 Å². The smallest absolute Gasteiger partial charge is 0.137 e. The molecule has 5 heteroatoms. The Morgan fingerprint density at radius 1 is 1.17 bits per heavy atom. The molecule has 0 aliphatic rings. The molecule has 2 atom stereocenters. The van der Waals surface area contributed by atoms with E-state index in [0.29, 0.717) is 12.2 Å². The number of nitriles is 1. The van der Waals surface area contributed by atoms with Crippen molar-refractivity contribution in [3.05, 3.63) is 60.7 Å². The van der Waals surface area contributed by atoms with Crippen LogP contribution in [0.2, 0.25) is 0 Å². The standard InChI is InChI=1S/C25H36N4O/c1-7-16-30-23(24(2,3)4)22(29-19-27-18-28-29)10-8-9-15-25(5,6)21-13-11-20(17-26)12-14-21/h7,11-14,18-19,22-23H,1,8-10,15-16H2,2-6H3. The predicted octanol–water partition coefficient (Wildman–Crippen LogP) is 5.85. The molecule has 162 valence electrons. The summed E-state index contributed by atoms with van der Waals surface area (Å²) in [5.41, 5.74) is 2.02. The fourth-order valence-electron chi connectivity index (χ4n) is 3.98. The average Bonchev–Trinajstić information content (AvgIpc) is 3.23. The highest BCUT2D eigenvalue weighted by atomic mass is 16.5. The number of aromatic nitrogens is 3. The molecule has 0 saturated heterocycles. The van der Waals surface area contributed by atoms with Crippen molar-refractivity contribution in [2.24, 2.45) is 5.41 Å². The molecule has 0 spiro atoms. The van der Waals surface area contributed by atoms with Crippen LogP contribution < -0.4 is 0 Å². The zero-order valence-electron chi connectivity index (χ0n) is 19.1. The van der Waals surface area contributed by atoms with E-state index in [-0.39, 0.29) is 23.0 Å². The van der Waals surface area contributed by atoms with Crippen molar-refractivity contribution in [3.8, 4) is 6.07 Å². The summed E-state index contributed by atoms with van der Waals surface area (Å²) < 4.78 is 8.15. The van der Waals surface area contributed by atoms with Crippen LogP contribution >= 0.6 is 0 Å². The average molecular weight is 409 g/mol. The van der Waals surface area contributed by atoms with Crippen LogP contribution in [0.15, 0.2) is 49.6 Å². The van der Waals surface area contributed by atoms with Crippen LogP contribution in [0, 0.1) is 16.7 Å². The Morgan fingerprint density at radius 2 is 1.87 bits per heavy atom. The second-order valence-corrected chi connectivity index (χ2v) is 9.67. The van der Waals surface area contributed by atoms with Crippen molar-refractivity contribution in [1.29, 1.82) is 5.26 Å². The summed E-state index contributed by atoms with van der Waals surface area (Å²) in [4.78, 5) is 4.16. The number of hydrogen-bond acceptors (Lipinski definition) is 4. The molecule has 2 aromatic rings. The van der Waals surface area contributed by atoms with Gasteiger partial charge >= 0.3 is 0 Å². The second kappa shape index (κ2) is 10.5. The number of rotatable bonds is 11. The van der Waals surface area contributed by atoms with Gasteiger partial charge in [0.25, 0.3) is 0 Å². The van der Waals surface area contributed by atoms with Gasteiger partial charge in [-0.05, 0) is 41.4 Å². The van der Waals surface area contributed by atoms with Crippen LogP contribution in [0.4, 0.5) is 0 Å². The van der Waals surface area contributed by atoms with Crippen LogP contribution in [0.25, 0.3) is 0 Å². The zero-order valence-corrected chi connectivity index (χ0v) is 19.1. The van der Waals surface area contributed by atoms with Crippen LogP contribution in [-0.4, -0.2) is 27.5 Å². The summed E-state index contributed by atoms with van der Waals surface area (Å²) >= 11 is 0. The number of ether oxygens (including phenoxy) is 1. The molecule has 0 N–H and O–H groups in total. The molecule has 1 heterocycles. The van der Waals surface area contributed by atoms with Crippen LogP contribution in [0.1, 0.15) is 77.5 Å². The van der Waals surface area contributed by atoms with E-state index in [4.69, 9.17) is 10.00 Å². The van der Waals surface area contributed by atoms with E-state index >= 15 is 0 Å². The van der Waals surface area contributed by atoms with Crippen molar-refractivity contribution >= 4 is 0 Å². The Labute approximate surface area is 181 Å². The Balaban J connectivity index is 2.03. The van der Waals surface area contributed by atoms with Crippen molar-refractivity contribution in [2.75, 3.05) is 6.61 Å². The van der Waals surface area contributed by atoms with E-state index in [0.717, 1.165) is 25.7 Å². The molecule has 5 nitrogen and oxygen atoms in total. The molecule has 1 aromatic carbocycles. The number of nitrogens with zero attached hydrogens (tertiary/aromatic N) is 4. The van der Waals surface area contributed by atoms with Gasteiger partial charge in [0.05, 0.1) is 30.4 Å². The first-order valence-corrected chi connectivity index (χ1v) is 10.8. The highest BCUT2D eigenvalue weighted by Gasteiger charge is 2.34. The van der Waals surface area contributed by atoms with Gasteiger partial charge in [-0.15, -0.1) is 6.58 Å². The number of benzene rings is 1. The highest BCUT2D eigenvalue weighted by molar-refractivity contribution is 5.34. The molecule has 0 fully saturated rings. The summed E-state index contributed by atoms with van der Waals surface area (Å²) in [6.45, 7) is 15.5. The molecule has 30 heavy (non-hydrogen) atoms. The first-order chi connectivity index (χ1) is 14.2. The second-order valence-electron chi connectivity index (χ2n) is 9.67. The summed E-state index contributed by atoms with van der Waals surface area (Å²) in [6.07, 6.45) is 9.45. The molecule has 1 aromatic heterocycles. The molecule has 0 saturated carbocycles. The highest BCUT2D eigenvalue weighted by Crippen LogP contribution is 2.35. The van der Waals surface area contributed by atoms with Crippen molar-refractivity contribution in [1.82, 2.24) is 14.8 Å². The van der Waals surface area contributed by atoms with Crippen LogP contribution in [0.5, 0.6) is 0 Å². The Kier molecular flexibility index (Phi) is 8.37. The monoisotopic (exact) mass is 408 g/mol. The van der Waals surface area contributed by atoms with E-state index in [1.165, 1.54) is 5.56 Å². The van der Waals surface area contributed by atoms with Crippen molar-refractivity contribution in [2.45, 2.75) is 77.9 Å². The lowest BCUT2D eigenvalue weighted by molar-refractivity contribution is -0.0444. The largest absolute Gasteiger partial charge is 0.371 e. The summed E-state index contributed by atoms with van der Waals surface area (Å²) in [6, 6.07) is 10.3. The minimum atomic E-state index is -0.0264. The number of unbranched alkanes of at least 4 members (excludes halogenated alkanes) is 1. The van der Waals surface area contributed by atoms with Crippen molar-refractivity contribution < 1.29 is 4.74 Å². The third-order valence-electron chi connectivity index (χ3n) is 5.72. The van der Waals surface area contributed by atoms with E-state index in [9.17, 15) is 0 Å². The van der Waals surface area contributed by atoms with Gasteiger partial charge in [0.15, 0.2) is 0 Å². The van der Waals surface area contributed by atoms with Crippen LogP contribution in [0.3, 0.4) is 0 Å². The maximum atomic E-state index is 9.01. The lowest BCUT2D eigenvalue weighted by Crippen LogP contribution is -2.38. The quantitative estimate of drug-likeness (QED) is 0.346. The Hall–Kier alpha value is -2.45. The summed E-state index contributed by atoms with van der Waals surface area (Å²) in [5, 5.41) is 13.4. The van der Waals surface area contributed by atoms with Gasteiger partial charge in [0.2, 0.25) is 0 Å². The van der Waals surface area contributed by atoms with Gasteiger partial charge in [0, 0.05) is 0 Å². The molecule has 0 bridgehead atoms. The lowest BCUT2D eigenvalue weighted by Gasteiger charge is -2.37. The molecule has 0 aliphatic carbocycles. The van der Waals surface area contributed by atoms with Gasteiger partial charge in [-0.3, -0.25) is 0 Å². The maximum Gasteiger partial charge on any atom is 0.137 e. The summed E-state index contributed by atoms with van der Waals surface area (Å²) in [7, 11) is 0. The van der Waals surface area contributed by atoms with E-state index in [2.05, 4.69) is 69.5 Å². The maximum absolute atomic E-state index is 9.01. The number of hydrogen-bond donors (Lipinski definition) is 0. The van der Waals surface area contributed by atoms with Gasteiger partial charge in [-0.2, -0.15) is 10.4 Å². The fourth-order valence-corrected chi connectivity index (χ4v) is 3.98. The van der Waals surface area contributed by atoms with Crippen molar-refractivity contribution in [3.63, 3.8) is 0 Å². The third kappa shape index (κ3) is 6.53. The minimum Gasteiger partial charge on any atom is -0.371 e. The molecule has 2 rings (SSSR count). The van der Waals surface area contributed by atoms with E-state index in [1.54, 1.807) is 18.7 Å². The normalized spacial score (nSPS) is 14.1. The lowest BCUT2D eigenvalue weighted by atomic mass is 9.79. The Bertz CT molecular complexity index is 810. The predicted molar refractivity (Wildman–Crippen MR) is 121 cm³/mol. The molecule has 0 aliphatic heterocycles. The minimum absolute atomic E-state index is 0.0173. The molecule has 0 radical (unpaired) electrons. The Morgan fingerprint density at radius 3 is 2.40 bits per heavy atom. The fraction of sp³-hybridized carbons (Fsp3) is 0.560. The van der Waals surface area contributed by atoms with Gasteiger partial charge in [0.1, 0.15) is 12.7 Å². The first-order valence-electron chi connectivity index (χ1n) is 10.8. The molecule has 0 amide bonds. The van der Waals surface area contributed by atoms with Gasteiger partial charge < -0.3 is 4.74 Å². The topological polar surface area (TPSA) is 63.7 Å². The zero-order chi connectivity index (χ0) is 22.2. The molecular formula is C25H36N4O. The van der Waals surface area contributed by atoms with Gasteiger partial charge in [-0.1, -0.05) is 65.7 Å². The van der Waals surface area contributed by atoms with Crippen LogP contribution in [-0.2, 0) is 10.2 Å². The van der Waals surface area contributed by atoms with Gasteiger partial charge in [-0.25, -0.2) is 9.67 Å². The SMILES string of the molecule is C=CCOC(C(CCCCC(C)(C)c1ccc(C#N)cc1)n1cncn1)C(C)(C)C. The summed E-state index contributed by atoms with van der Waals surface area (Å²) in [5.74, 6) is 0. The third-order valence-corrected chi connectivity index (χ3v) is 5.72. The van der Waals surface area contributed by atoms with E-state index < -0.39 is 0 Å².